The molecule has 1 heterocycles. The third kappa shape index (κ3) is 5.23. The highest BCUT2D eigenvalue weighted by molar-refractivity contribution is 7.99. The number of imidazole rings is 1. The van der Waals surface area contributed by atoms with E-state index in [2.05, 4.69) is 22.7 Å². The summed E-state index contributed by atoms with van der Waals surface area (Å²) in [5, 5.41) is 0. The SMILES string of the molecule is CCSCCCn1cnc(CC(C)N)c1. The van der Waals surface area contributed by atoms with Crippen LogP contribution in [0, 0.1) is 0 Å². The normalized spacial score (nSPS) is 13.0. The van der Waals surface area contributed by atoms with Crippen LogP contribution >= 0.6 is 11.8 Å². The van der Waals surface area contributed by atoms with E-state index in [9.17, 15) is 0 Å². The van der Waals surface area contributed by atoms with Crippen LogP contribution in [0.1, 0.15) is 26.0 Å². The van der Waals surface area contributed by atoms with Crippen molar-refractivity contribution in [3.8, 4) is 0 Å². The predicted molar refractivity (Wildman–Crippen MR) is 67.2 cm³/mol. The maximum absolute atomic E-state index is 5.72. The molecule has 0 amide bonds. The minimum Gasteiger partial charge on any atom is -0.337 e. The summed E-state index contributed by atoms with van der Waals surface area (Å²) in [6.07, 6.45) is 6.11. The van der Waals surface area contributed by atoms with Gasteiger partial charge in [0.05, 0.1) is 12.0 Å². The molecule has 0 aliphatic carbocycles. The highest BCUT2D eigenvalue weighted by Crippen LogP contribution is 2.04. The number of thioether (sulfide) groups is 1. The lowest BCUT2D eigenvalue weighted by Crippen LogP contribution is -2.17. The fourth-order valence-electron chi connectivity index (χ4n) is 1.46. The average molecular weight is 227 g/mol. The van der Waals surface area contributed by atoms with Gasteiger partial charge in [0.2, 0.25) is 0 Å². The van der Waals surface area contributed by atoms with Gasteiger partial charge in [-0.3, -0.25) is 0 Å². The number of hydrogen-bond donors (Lipinski definition) is 1. The number of rotatable bonds is 7. The van der Waals surface area contributed by atoms with E-state index in [0.717, 1.165) is 18.7 Å². The van der Waals surface area contributed by atoms with E-state index in [0.29, 0.717) is 0 Å². The highest BCUT2D eigenvalue weighted by Gasteiger charge is 2.01. The first-order valence-electron chi connectivity index (χ1n) is 5.56. The highest BCUT2D eigenvalue weighted by atomic mass is 32.2. The Hall–Kier alpha value is -0.480. The van der Waals surface area contributed by atoms with Gasteiger partial charge in [-0.25, -0.2) is 4.98 Å². The van der Waals surface area contributed by atoms with Crippen molar-refractivity contribution in [1.82, 2.24) is 9.55 Å². The summed E-state index contributed by atoms with van der Waals surface area (Å²) in [5.74, 6) is 2.44. The van der Waals surface area contributed by atoms with Crippen molar-refractivity contribution in [3.05, 3.63) is 18.2 Å². The topological polar surface area (TPSA) is 43.8 Å². The Kier molecular flexibility index (Phi) is 5.79. The summed E-state index contributed by atoms with van der Waals surface area (Å²) in [6, 6.07) is 0.198. The lowest BCUT2D eigenvalue weighted by molar-refractivity contribution is 0.680. The number of nitrogens with two attached hydrogens (primary N) is 1. The van der Waals surface area contributed by atoms with E-state index in [-0.39, 0.29) is 6.04 Å². The number of aromatic nitrogens is 2. The first kappa shape index (κ1) is 12.6. The maximum atomic E-state index is 5.72. The van der Waals surface area contributed by atoms with Crippen LogP contribution < -0.4 is 5.73 Å². The fraction of sp³-hybridized carbons (Fsp3) is 0.727. The van der Waals surface area contributed by atoms with Crippen molar-refractivity contribution < 1.29 is 0 Å². The molecule has 2 N–H and O–H groups in total. The van der Waals surface area contributed by atoms with Crippen LogP contribution in [0.5, 0.6) is 0 Å². The van der Waals surface area contributed by atoms with Crippen LogP contribution in [-0.2, 0) is 13.0 Å². The third-order valence-corrected chi connectivity index (χ3v) is 3.11. The van der Waals surface area contributed by atoms with Crippen molar-refractivity contribution in [2.45, 2.75) is 39.3 Å². The molecule has 1 aromatic rings. The van der Waals surface area contributed by atoms with E-state index in [1.165, 1.54) is 17.9 Å². The van der Waals surface area contributed by atoms with Crippen LogP contribution in [0.3, 0.4) is 0 Å². The van der Waals surface area contributed by atoms with E-state index in [1.54, 1.807) is 0 Å². The van der Waals surface area contributed by atoms with Crippen molar-refractivity contribution in [2.75, 3.05) is 11.5 Å². The molecule has 1 aromatic heterocycles. The molecule has 15 heavy (non-hydrogen) atoms. The maximum Gasteiger partial charge on any atom is 0.0949 e. The first-order valence-corrected chi connectivity index (χ1v) is 6.71. The number of hydrogen-bond acceptors (Lipinski definition) is 3. The van der Waals surface area contributed by atoms with E-state index in [4.69, 9.17) is 5.73 Å². The molecule has 4 heteroatoms. The standard InChI is InChI=1S/C11H21N3S/c1-3-15-6-4-5-14-8-11(13-9-14)7-10(2)12/h8-10H,3-7,12H2,1-2H3. The summed E-state index contributed by atoms with van der Waals surface area (Å²) in [4.78, 5) is 4.33. The van der Waals surface area contributed by atoms with Gasteiger partial charge in [-0.1, -0.05) is 6.92 Å². The molecule has 0 aromatic carbocycles. The van der Waals surface area contributed by atoms with Crippen LogP contribution in [-0.4, -0.2) is 27.1 Å². The fourth-order valence-corrected chi connectivity index (χ4v) is 2.08. The van der Waals surface area contributed by atoms with E-state index in [1.807, 2.05) is 25.0 Å². The Morgan fingerprint density at radius 2 is 2.40 bits per heavy atom. The summed E-state index contributed by atoms with van der Waals surface area (Å²) < 4.78 is 2.16. The van der Waals surface area contributed by atoms with E-state index >= 15 is 0 Å². The van der Waals surface area contributed by atoms with Gasteiger partial charge in [-0.15, -0.1) is 0 Å². The largest absolute Gasteiger partial charge is 0.337 e. The van der Waals surface area contributed by atoms with Crippen LogP contribution in [0.25, 0.3) is 0 Å². The van der Waals surface area contributed by atoms with E-state index < -0.39 is 0 Å². The van der Waals surface area contributed by atoms with Gasteiger partial charge >= 0.3 is 0 Å². The van der Waals surface area contributed by atoms with Gasteiger partial charge in [-0.2, -0.15) is 11.8 Å². The lowest BCUT2D eigenvalue weighted by Gasteiger charge is -2.01. The van der Waals surface area contributed by atoms with Crippen molar-refractivity contribution in [1.29, 1.82) is 0 Å². The average Bonchev–Trinajstić information content (AvgIpc) is 2.59. The molecule has 3 nitrogen and oxygen atoms in total. The van der Waals surface area contributed by atoms with Crippen LogP contribution in [0.15, 0.2) is 12.5 Å². The molecule has 86 valence electrons. The van der Waals surface area contributed by atoms with Crippen LogP contribution in [0.4, 0.5) is 0 Å². The Labute approximate surface area is 96.5 Å². The Morgan fingerprint density at radius 1 is 1.60 bits per heavy atom. The molecule has 0 saturated heterocycles. The zero-order valence-electron chi connectivity index (χ0n) is 9.65. The first-order chi connectivity index (χ1) is 7.22. The molecule has 0 spiro atoms. The molecule has 0 aliphatic heterocycles. The Balaban J connectivity index is 2.26. The molecule has 1 atom stereocenters. The summed E-state index contributed by atoms with van der Waals surface area (Å²) in [6.45, 7) is 5.28. The lowest BCUT2D eigenvalue weighted by atomic mass is 10.2. The second-order valence-corrected chi connectivity index (χ2v) is 5.23. The second kappa shape index (κ2) is 6.90. The van der Waals surface area contributed by atoms with Crippen molar-refractivity contribution in [3.63, 3.8) is 0 Å². The van der Waals surface area contributed by atoms with Gasteiger partial charge < -0.3 is 10.3 Å². The van der Waals surface area contributed by atoms with Gasteiger partial charge in [0, 0.05) is 25.2 Å². The van der Waals surface area contributed by atoms with Gasteiger partial charge in [0.25, 0.3) is 0 Å². The Bertz CT molecular complexity index is 271. The predicted octanol–water partition coefficient (Wildman–Crippen LogP) is 1.92. The van der Waals surface area contributed by atoms with Gasteiger partial charge in [0.15, 0.2) is 0 Å². The summed E-state index contributed by atoms with van der Waals surface area (Å²) in [5.41, 5.74) is 6.83. The van der Waals surface area contributed by atoms with Gasteiger partial charge in [0.1, 0.15) is 0 Å². The molecular formula is C11H21N3S. The number of aryl methyl sites for hydroxylation is 1. The monoisotopic (exact) mass is 227 g/mol. The molecule has 1 unspecified atom stereocenters. The third-order valence-electron chi connectivity index (χ3n) is 2.13. The number of nitrogens with zero attached hydrogens (tertiary/aromatic N) is 2. The molecule has 0 radical (unpaired) electrons. The molecule has 0 bridgehead atoms. The zero-order chi connectivity index (χ0) is 11.1. The molecule has 0 aliphatic rings. The smallest absolute Gasteiger partial charge is 0.0949 e. The quantitative estimate of drug-likeness (QED) is 0.724. The van der Waals surface area contributed by atoms with Crippen molar-refractivity contribution >= 4 is 11.8 Å². The summed E-state index contributed by atoms with van der Waals surface area (Å²) in [7, 11) is 0. The second-order valence-electron chi connectivity index (χ2n) is 3.83. The minimum absolute atomic E-state index is 0.198. The zero-order valence-corrected chi connectivity index (χ0v) is 10.5. The minimum atomic E-state index is 0.198. The summed E-state index contributed by atoms with van der Waals surface area (Å²) >= 11 is 1.99. The molecule has 0 saturated carbocycles. The van der Waals surface area contributed by atoms with Crippen molar-refractivity contribution in [2.24, 2.45) is 5.73 Å². The Morgan fingerprint density at radius 3 is 3.07 bits per heavy atom. The molecule has 1 rings (SSSR count). The van der Waals surface area contributed by atoms with Crippen LogP contribution in [0.2, 0.25) is 0 Å². The van der Waals surface area contributed by atoms with Gasteiger partial charge in [-0.05, 0) is 24.9 Å². The molecular weight excluding hydrogens is 206 g/mol. The molecule has 0 fully saturated rings.